The second-order valence-electron chi connectivity index (χ2n) is 3.62. The van der Waals surface area contributed by atoms with Crippen LogP contribution in [0.2, 0.25) is 0 Å². The van der Waals surface area contributed by atoms with Gasteiger partial charge in [0, 0.05) is 6.54 Å². The van der Waals surface area contributed by atoms with Gasteiger partial charge in [-0.3, -0.25) is 4.90 Å². The van der Waals surface area contributed by atoms with Crippen LogP contribution in [-0.4, -0.2) is 29.0 Å². The molecule has 1 aromatic rings. The zero-order valence-corrected chi connectivity index (χ0v) is 11.8. The van der Waals surface area contributed by atoms with E-state index < -0.39 is 0 Å². The van der Waals surface area contributed by atoms with Crippen molar-refractivity contribution >= 4 is 33.1 Å². The molecule has 0 saturated heterocycles. The first-order chi connectivity index (χ1) is 7.58. The fraction of sp³-hybridized carbons (Fsp3) is 0.500. The summed E-state index contributed by atoms with van der Waals surface area (Å²) in [6.07, 6.45) is 0.817. The largest absolute Gasteiger partial charge is 0.409 e. The van der Waals surface area contributed by atoms with Gasteiger partial charge in [-0.15, -0.1) is 11.3 Å². The van der Waals surface area contributed by atoms with Gasteiger partial charge in [0.2, 0.25) is 0 Å². The third-order valence-corrected chi connectivity index (χ3v) is 3.98. The maximum absolute atomic E-state index is 8.69. The molecular weight excluding hydrogens is 290 g/mol. The van der Waals surface area contributed by atoms with Gasteiger partial charge < -0.3 is 10.9 Å². The summed E-state index contributed by atoms with van der Waals surface area (Å²) in [7, 11) is 1.97. The van der Waals surface area contributed by atoms with E-state index in [1.807, 2.05) is 14.0 Å². The minimum atomic E-state index is -0.0244. The summed E-state index contributed by atoms with van der Waals surface area (Å²) in [6.45, 7) is 2.81. The summed E-state index contributed by atoms with van der Waals surface area (Å²) >= 11 is 5.09. The van der Waals surface area contributed by atoms with E-state index in [-0.39, 0.29) is 11.9 Å². The molecule has 3 N–H and O–H groups in total. The van der Waals surface area contributed by atoms with E-state index in [1.165, 1.54) is 5.56 Å². The first kappa shape index (κ1) is 13.5. The number of hydrogen-bond acceptors (Lipinski definition) is 4. The number of amidine groups is 1. The van der Waals surface area contributed by atoms with Crippen LogP contribution in [0.5, 0.6) is 0 Å². The summed E-state index contributed by atoms with van der Waals surface area (Å²) in [4.78, 5) is 2.07. The average Bonchev–Trinajstić information content (AvgIpc) is 2.64. The lowest BCUT2D eigenvalue weighted by molar-refractivity contribution is 0.264. The highest BCUT2D eigenvalue weighted by Gasteiger charge is 2.17. The first-order valence-electron chi connectivity index (χ1n) is 4.99. The molecule has 1 unspecified atom stereocenters. The Labute approximate surface area is 108 Å². The summed E-state index contributed by atoms with van der Waals surface area (Å²) < 4.78 is 1.12. The molecule has 0 aliphatic carbocycles. The second-order valence-corrected chi connectivity index (χ2v) is 5.91. The van der Waals surface area contributed by atoms with Gasteiger partial charge in [-0.25, -0.2) is 0 Å². The Bertz CT molecular complexity index is 367. The van der Waals surface area contributed by atoms with Crippen LogP contribution in [0.15, 0.2) is 20.4 Å². The molecule has 0 spiro atoms. The molecular formula is C10H16BrN3OS. The molecule has 1 aromatic heterocycles. The van der Waals surface area contributed by atoms with E-state index in [0.29, 0.717) is 0 Å². The van der Waals surface area contributed by atoms with Crippen molar-refractivity contribution < 1.29 is 5.21 Å². The molecule has 1 heterocycles. The van der Waals surface area contributed by atoms with E-state index in [9.17, 15) is 0 Å². The summed E-state index contributed by atoms with van der Waals surface area (Å²) in [5.74, 6) is 0.263. The van der Waals surface area contributed by atoms with Gasteiger partial charge in [0.05, 0.1) is 9.83 Å². The van der Waals surface area contributed by atoms with Crippen molar-refractivity contribution in [2.24, 2.45) is 10.9 Å². The number of rotatable bonds is 5. The monoisotopic (exact) mass is 305 g/mol. The van der Waals surface area contributed by atoms with E-state index in [4.69, 9.17) is 10.9 Å². The predicted molar refractivity (Wildman–Crippen MR) is 71.0 cm³/mol. The standard InChI is InChI=1S/C10H16BrN3OS/c1-3-8(10(12)13-15)14(2)5-7-4-9(11)16-6-7/h4,6,8,15H,3,5H2,1-2H3,(H2,12,13). The second kappa shape index (κ2) is 6.22. The molecule has 1 atom stereocenters. The van der Waals surface area contributed by atoms with Crippen LogP contribution >= 0.6 is 27.3 Å². The zero-order valence-electron chi connectivity index (χ0n) is 9.35. The molecule has 0 saturated carbocycles. The van der Waals surface area contributed by atoms with Crippen LogP contribution in [0.1, 0.15) is 18.9 Å². The molecule has 0 bridgehead atoms. The lowest BCUT2D eigenvalue weighted by Crippen LogP contribution is -2.41. The van der Waals surface area contributed by atoms with E-state index in [1.54, 1.807) is 11.3 Å². The fourth-order valence-corrected chi connectivity index (χ4v) is 2.84. The smallest absolute Gasteiger partial charge is 0.156 e. The third kappa shape index (κ3) is 3.47. The van der Waals surface area contributed by atoms with E-state index in [2.05, 4.69) is 37.4 Å². The van der Waals surface area contributed by atoms with Crippen molar-refractivity contribution in [1.29, 1.82) is 0 Å². The van der Waals surface area contributed by atoms with E-state index in [0.717, 1.165) is 16.8 Å². The molecule has 4 nitrogen and oxygen atoms in total. The van der Waals surface area contributed by atoms with Crippen molar-refractivity contribution in [1.82, 2.24) is 4.90 Å². The minimum Gasteiger partial charge on any atom is -0.409 e. The quantitative estimate of drug-likeness (QED) is 0.380. The van der Waals surface area contributed by atoms with Gasteiger partial charge in [0.25, 0.3) is 0 Å². The fourth-order valence-electron chi connectivity index (χ4n) is 1.64. The Balaban J connectivity index is 2.66. The Morgan fingerprint density at radius 3 is 2.88 bits per heavy atom. The maximum atomic E-state index is 8.69. The van der Waals surface area contributed by atoms with Gasteiger partial charge >= 0.3 is 0 Å². The Hall–Kier alpha value is -0.590. The van der Waals surface area contributed by atoms with Gasteiger partial charge in [0.1, 0.15) is 0 Å². The lowest BCUT2D eigenvalue weighted by atomic mass is 10.1. The number of hydrogen-bond donors (Lipinski definition) is 2. The summed E-state index contributed by atoms with van der Waals surface area (Å²) in [5.41, 5.74) is 6.86. The van der Waals surface area contributed by atoms with Crippen LogP contribution in [0, 0.1) is 0 Å². The van der Waals surface area contributed by atoms with E-state index >= 15 is 0 Å². The Morgan fingerprint density at radius 2 is 2.44 bits per heavy atom. The molecule has 6 heteroatoms. The normalized spacial score (nSPS) is 14.4. The van der Waals surface area contributed by atoms with Crippen LogP contribution in [0.3, 0.4) is 0 Å². The van der Waals surface area contributed by atoms with Gasteiger partial charge in [-0.05, 0) is 46.4 Å². The lowest BCUT2D eigenvalue weighted by Gasteiger charge is -2.25. The highest BCUT2D eigenvalue weighted by molar-refractivity contribution is 9.11. The molecule has 0 fully saturated rings. The summed E-state index contributed by atoms with van der Waals surface area (Å²) in [5, 5.41) is 13.9. The van der Waals surface area contributed by atoms with Crippen LogP contribution in [0.25, 0.3) is 0 Å². The topological polar surface area (TPSA) is 61.9 Å². The summed E-state index contributed by atoms with van der Waals surface area (Å²) in [6, 6.07) is 2.06. The number of halogens is 1. The van der Waals surface area contributed by atoms with Gasteiger partial charge in [-0.1, -0.05) is 12.1 Å². The number of oxime groups is 1. The first-order valence-corrected chi connectivity index (χ1v) is 6.66. The number of nitrogens with two attached hydrogens (primary N) is 1. The van der Waals surface area contributed by atoms with Crippen molar-refractivity contribution in [2.75, 3.05) is 7.05 Å². The van der Waals surface area contributed by atoms with Crippen molar-refractivity contribution in [3.8, 4) is 0 Å². The average molecular weight is 306 g/mol. The van der Waals surface area contributed by atoms with Gasteiger partial charge in [-0.2, -0.15) is 0 Å². The molecule has 0 radical (unpaired) electrons. The van der Waals surface area contributed by atoms with Gasteiger partial charge in [0.15, 0.2) is 5.84 Å². The zero-order chi connectivity index (χ0) is 12.1. The number of thiophene rings is 1. The molecule has 0 aliphatic heterocycles. The van der Waals surface area contributed by atoms with Crippen LogP contribution in [-0.2, 0) is 6.54 Å². The highest BCUT2D eigenvalue weighted by atomic mass is 79.9. The molecule has 0 aliphatic rings. The molecule has 90 valence electrons. The highest BCUT2D eigenvalue weighted by Crippen LogP contribution is 2.22. The van der Waals surface area contributed by atoms with Crippen molar-refractivity contribution in [2.45, 2.75) is 25.9 Å². The number of likely N-dealkylation sites (N-methyl/N-ethyl adjacent to an activating group) is 1. The Morgan fingerprint density at radius 1 is 1.75 bits per heavy atom. The van der Waals surface area contributed by atoms with Crippen LogP contribution < -0.4 is 5.73 Å². The molecule has 0 amide bonds. The van der Waals surface area contributed by atoms with Crippen LogP contribution in [0.4, 0.5) is 0 Å². The van der Waals surface area contributed by atoms with Crippen molar-refractivity contribution in [3.05, 3.63) is 20.8 Å². The Kier molecular flexibility index (Phi) is 5.24. The predicted octanol–water partition coefficient (Wildman–Crippen LogP) is 2.47. The maximum Gasteiger partial charge on any atom is 0.156 e. The number of nitrogens with zero attached hydrogens (tertiary/aromatic N) is 2. The SMILES string of the molecule is CCC(C(N)=NO)N(C)Cc1csc(Br)c1. The van der Waals surface area contributed by atoms with Crippen molar-refractivity contribution in [3.63, 3.8) is 0 Å². The molecule has 1 rings (SSSR count). The third-order valence-electron chi connectivity index (χ3n) is 2.43. The minimum absolute atomic E-state index is 0.0244. The molecule has 0 aromatic carbocycles. The molecule has 16 heavy (non-hydrogen) atoms.